The molecule has 9 nitrogen and oxygen atoms in total. The largest absolute Gasteiger partial charge is 0.490 e. The van der Waals surface area contributed by atoms with Gasteiger partial charge in [0.15, 0.2) is 0 Å². The summed E-state index contributed by atoms with van der Waals surface area (Å²) in [5.74, 6) is -2.67. The van der Waals surface area contributed by atoms with E-state index in [1.807, 2.05) is 48.5 Å². The molecule has 1 fully saturated rings. The number of anilines is 1. The lowest BCUT2D eigenvalue weighted by atomic mass is 9.90. The Labute approximate surface area is 218 Å². The summed E-state index contributed by atoms with van der Waals surface area (Å²) in [6, 6.07) is 18.4. The molecule has 0 spiro atoms. The van der Waals surface area contributed by atoms with E-state index < -0.39 is 27.7 Å². The number of hydrogen-bond acceptors (Lipinski definition) is 7. The maximum Gasteiger partial charge on any atom is 0.490 e. The first-order valence-corrected chi connectivity index (χ1v) is 13.4. The molecule has 0 unspecified atom stereocenters. The highest BCUT2D eigenvalue weighted by Gasteiger charge is 2.46. The summed E-state index contributed by atoms with van der Waals surface area (Å²) in [7, 11) is -3.89. The van der Waals surface area contributed by atoms with E-state index in [2.05, 4.69) is 15.0 Å². The topological polar surface area (TPSA) is 151 Å². The van der Waals surface area contributed by atoms with Gasteiger partial charge in [0.05, 0.1) is 5.52 Å². The smallest absolute Gasteiger partial charge is 0.475 e. The summed E-state index contributed by atoms with van der Waals surface area (Å²) in [6.07, 6.45) is -4.51. The number of nitrogens with one attached hydrogen (secondary N) is 2. The highest BCUT2D eigenvalue weighted by atomic mass is 32.2. The van der Waals surface area contributed by atoms with E-state index in [9.17, 15) is 26.4 Å². The van der Waals surface area contributed by atoms with Gasteiger partial charge in [-0.3, -0.25) is 4.79 Å². The number of hydrogen-bond donors (Lipinski definition) is 4. The van der Waals surface area contributed by atoms with Crippen molar-refractivity contribution in [1.29, 1.82) is 0 Å². The fraction of sp³-hybridized carbons (Fsp3) is 0.208. The number of nitrogens with two attached hydrogens (primary N) is 1. The molecule has 1 aliphatic rings. The lowest BCUT2D eigenvalue weighted by molar-refractivity contribution is -0.192. The van der Waals surface area contributed by atoms with Crippen LogP contribution in [-0.4, -0.2) is 48.6 Å². The van der Waals surface area contributed by atoms with E-state index in [1.165, 1.54) is 11.3 Å². The minimum Gasteiger partial charge on any atom is -0.475 e. The average Bonchev–Trinajstić information content (AvgIpc) is 3.42. The Kier molecular flexibility index (Phi) is 7.32. The highest BCUT2D eigenvalue weighted by Crippen LogP contribution is 2.32. The monoisotopic (exact) mass is 566 g/mol. The van der Waals surface area contributed by atoms with Crippen molar-refractivity contribution in [3.63, 3.8) is 0 Å². The molecule has 2 aromatic heterocycles. The van der Waals surface area contributed by atoms with Gasteiger partial charge in [-0.05, 0) is 47.7 Å². The summed E-state index contributed by atoms with van der Waals surface area (Å²) >= 11 is 1.19. The molecule has 0 bridgehead atoms. The molecule has 0 aliphatic carbocycles. The molecule has 14 heteroatoms. The number of carbonyl (C=O) groups excluding carboxylic acids is 1. The van der Waals surface area contributed by atoms with Gasteiger partial charge in [0.2, 0.25) is 5.91 Å². The maximum absolute atomic E-state index is 13.2. The Bertz CT molecular complexity index is 1610. The van der Waals surface area contributed by atoms with Crippen LogP contribution in [0, 0.1) is 0 Å². The van der Waals surface area contributed by atoms with Crippen molar-refractivity contribution in [2.45, 2.75) is 28.8 Å². The number of aliphatic carboxylic acids is 1. The van der Waals surface area contributed by atoms with E-state index in [0.29, 0.717) is 24.3 Å². The first kappa shape index (κ1) is 27.3. The Morgan fingerprint density at radius 1 is 1.13 bits per heavy atom. The quantitative estimate of drug-likeness (QED) is 0.289. The van der Waals surface area contributed by atoms with Crippen molar-refractivity contribution >= 4 is 60.0 Å². The van der Waals surface area contributed by atoms with Crippen LogP contribution in [-0.2, 0) is 26.0 Å². The number of amides is 1. The molecule has 4 aromatic rings. The highest BCUT2D eigenvalue weighted by molar-refractivity contribution is 7.91. The van der Waals surface area contributed by atoms with Crippen molar-refractivity contribution in [2.75, 3.05) is 12.3 Å². The normalized spacial score (nSPS) is 17.7. The number of carboxylic acids is 1. The Morgan fingerprint density at radius 2 is 1.82 bits per heavy atom. The van der Waals surface area contributed by atoms with Gasteiger partial charge >= 0.3 is 12.1 Å². The van der Waals surface area contributed by atoms with Crippen molar-refractivity contribution in [2.24, 2.45) is 0 Å². The predicted octanol–water partition coefficient (Wildman–Crippen LogP) is 3.44. The van der Waals surface area contributed by atoms with Gasteiger partial charge in [0.25, 0.3) is 10.0 Å². The zero-order valence-corrected chi connectivity index (χ0v) is 21.1. The first-order chi connectivity index (χ1) is 17.8. The minimum atomic E-state index is -5.08. The number of fused-ring (bicyclic) bond motifs is 2. The Balaban J connectivity index is 0.000000426. The number of pyridine rings is 1. The van der Waals surface area contributed by atoms with Crippen molar-refractivity contribution in [3.05, 3.63) is 66.2 Å². The minimum absolute atomic E-state index is 0.195. The number of nitrogens with zero attached hydrogens (tertiary/aromatic N) is 1. The number of carboxylic acid groups (broad SMARTS) is 1. The van der Waals surface area contributed by atoms with E-state index >= 15 is 0 Å². The maximum atomic E-state index is 13.2. The molecule has 5 rings (SSSR count). The van der Waals surface area contributed by atoms with Crippen LogP contribution in [0.25, 0.3) is 21.0 Å². The summed E-state index contributed by atoms with van der Waals surface area (Å²) in [5, 5.41) is 11.7. The number of aromatic nitrogens is 1. The van der Waals surface area contributed by atoms with Gasteiger partial charge in [-0.15, -0.1) is 11.3 Å². The zero-order valence-electron chi connectivity index (χ0n) is 19.4. The van der Waals surface area contributed by atoms with Crippen LogP contribution in [0.5, 0.6) is 0 Å². The van der Waals surface area contributed by atoms with Gasteiger partial charge in [0, 0.05) is 23.1 Å². The molecular formula is C24H21F3N4O5S2. The molecule has 200 valence electrons. The molecule has 2 aromatic carbocycles. The third-order valence-electron chi connectivity index (χ3n) is 5.80. The number of benzene rings is 2. The second-order valence-corrected chi connectivity index (χ2v) is 11.5. The molecule has 5 N–H and O–H groups in total. The summed E-state index contributed by atoms with van der Waals surface area (Å²) in [6.45, 7) is 0.409. The summed E-state index contributed by atoms with van der Waals surface area (Å²) < 4.78 is 62.0. The standard InChI is InChI=1S/C22H20N4O3S2.C2HF3O2/c23-19-8-7-15-6-5-14(11-17(15)25-19)13-22(9-10-24-21(22)27)26-31(28,29)20-12-16-3-1-2-4-18(16)30-20;3-2(4,5)1(6)7/h1-8,11-12,26H,9-10,13H2,(H2,23,25)(H,24,27);(H,6,7)/t22-;/m1./s1. The van der Waals surface area contributed by atoms with E-state index in [-0.39, 0.29) is 16.5 Å². The van der Waals surface area contributed by atoms with Crippen molar-refractivity contribution < 1.29 is 36.3 Å². The molecule has 38 heavy (non-hydrogen) atoms. The molecule has 1 saturated heterocycles. The SMILES string of the molecule is Nc1ccc2ccc(C[C@]3(NS(=O)(=O)c4cc5ccccc5s4)CCNC3=O)cc2n1.O=C(O)C(F)(F)F. The lowest BCUT2D eigenvalue weighted by Gasteiger charge is -2.27. The number of rotatable bonds is 5. The number of halogens is 3. The second kappa shape index (κ2) is 10.2. The number of nitrogen functional groups attached to an aromatic ring is 1. The molecule has 1 atom stereocenters. The third kappa shape index (κ3) is 5.87. The predicted molar refractivity (Wildman–Crippen MR) is 136 cm³/mol. The fourth-order valence-electron chi connectivity index (χ4n) is 4.01. The molecule has 1 aliphatic heterocycles. The van der Waals surface area contributed by atoms with Crippen LogP contribution in [0.1, 0.15) is 12.0 Å². The van der Waals surface area contributed by atoms with Crippen LogP contribution in [0.4, 0.5) is 19.0 Å². The van der Waals surface area contributed by atoms with Crippen LogP contribution >= 0.6 is 11.3 Å². The fourth-order valence-corrected chi connectivity index (χ4v) is 6.80. The Morgan fingerprint density at radius 3 is 2.45 bits per heavy atom. The number of carbonyl (C=O) groups is 2. The second-order valence-electron chi connectivity index (χ2n) is 8.54. The molecule has 1 amide bonds. The third-order valence-corrected chi connectivity index (χ3v) is 8.92. The number of thiophene rings is 1. The van der Waals surface area contributed by atoms with Crippen LogP contribution in [0.3, 0.4) is 0 Å². The molecule has 0 saturated carbocycles. The average molecular weight is 567 g/mol. The molecule has 3 heterocycles. The van der Waals surface area contributed by atoms with Crippen molar-refractivity contribution in [1.82, 2.24) is 15.0 Å². The van der Waals surface area contributed by atoms with Crippen LogP contribution in [0.15, 0.2) is 64.9 Å². The summed E-state index contributed by atoms with van der Waals surface area (Å²) in [5.41, 5.74) is 6.05. The molecule has 0 radical (unpaired) electrons. The van der Waals surface area contributed by atoms with Crippen molar-refractivity contribution in [3.8, 4) is 0 Å². The van der Waals surface area contributed by atoms with E-state index in [0.717, 1.165) is 21.0 Å². The first-order valence-electron chi connectivity index (χ1n) is 11.1. The van der Waals surface area contributed by atoms with Gasteiger partial charge in [-0.25, -0.2) is 18.2 Å². The van der Waals surface area contributed by atoms with Gasteiger partial charge < -0.3 is 16.2 Å². The van der Waals surface area contributed by atoms with Gasteiger partial charge in [-0.2, -0.15) is 17.9 Å². The van der Waals surface area contributed by atoms with Crippen LogP contribution in [0.2, 0.25) is 0 Å². The molecular weight excluding hydrogens is 545 g/mol. The number of sulfonamides is 1. The number of alkyl halides is 3. The van der Waals surface area contributed by atoms with Gasteiger partial charge in [-0.1, -0.05) is 30.3 Å². The van der Waals surface area contributed by atoms with Gasteiger partial charge in [0.1, 0.15) is 15.6 Å². The van der Waals surface area contributed by atoms with E-state index in [4.69, 9.17) is 15.6 Å². The lowest BCUT2D eigenvalue weighted by Crippen LogP contribution is -2.54. The Hall–Kier alpha value is -3.75. The summed E-state index contributed by atoms with van der Waals surface area (Å²) in [4.78, 5) is 26.1. The van der Waals surface area contributed by atoms with E-state index in [1.54, 1.807) is 12.1 Å². The zero-order chi connectivity index (χ0) is 27.7. The van der Waals surface area contributed by atoms with Crippen LogP contribution < -0.4 is 15.8 Å².